The van der Waals surface area contributed by atoms with Crippen molar-refractivity contribution in [3.63, 3.8) is 0 Å². The van der Waals surface area contributed by atoms with Gasteiger partial charge in [0.05, 0.1) is 12.0 Å². The van der Waals surface area contributed by atoms with Crippen molar-refractivity contribution in [2.45, 2.75) is 144 Å². The van der Waals surface area contributed by atoms with Gasteiger partial charge in [-0.1, -0.05) is 80.4 Å². The highest BCUT2D eigenvalue weighted by molar-refractivity contribution is 6.03. The third-order valence-electron chi connectivity index (χ3n) is 10.6. The maximum atomic E-state index is 14.3. The second-order valence-electron chi connectivity index (χ2n) is 18.1. The fourth-order valence-corrected chi connectivity index (χ4v) is 6.80. The third-order valence-corrected chi connectivity index (χ3v) is 10.6. The van der Waals surface area contributed by atoms with Gasteiger partial charge in [0, 0.05) is 55.9 Å². The van der Waals surface area contributed by atoms with E-state index in [0.717, 1.165) is 0 Å². The van der Waals surface area contributed by atoms with Crippen LogP contribution in [0.15, 0.2) is 24.3 Å². The van der Waals surface area contributed by atoms with E-state index in [-0.39, 0.29) is 87.8 Å². The fraction of sp³-hybridized carbons (Fsp3) is 0.698. The van der Waals surface area contributed by atoms with E-state index in [4.69, 9.17) is 10.5 Å². The molecule has 1 aliphatic rings. The monoisotopic (exact) mass is 852 g/mol. The lowest BCUT2D eigenvalue weighted by molar-refractivity contribution is -0.161. The van der Waals surface area contributed by atoms with E-state index >= 15 is 0 Å². The Morgan fingerprint density at radius 3 is 2.05 bits per heavy atom. The van der Waals surface area contributed by atoms with E-state index in [1.807, 2.05) is 41.5 Å². The first-order valence-electron chi connectivity index (χ1n) is 20.9. The lowest BCUT2D eigenvalue weighted by Gasteiger charge is -2.30. The quantitative estimate of drug-likeness (QED) is 0.0547. The highest BCUT2D eigenvalue weighted by Crippen LogP contribution is 2.35. The molecule has 6 amide bonds. The summed E-state index contributed by atoms with van der Waals surface area (Å²) in [5.74, 6) is -3.50. The molecule has 1 saturated heterocycles. The maximum Gasteiger partial charge on any atom is 0.407 e. The summed E-state index contributed by atoms with van der Waals surface area (Å²) in [6.07, 6.45) is -3.91. The van der Waals surface area contributed by atoms with E-state index < -0.39 is 65.2 Å². The highest BCUT2D eigenvalue weighted by atomic mass is 19.4. The Hall–Kier alpha value is -4.54. The molecule has 0 aromatic heterocycles. The molecule has 2 rings (SSSR count). The van der Waals surface area contributed by atoms with Crippen molar-refractivity contribution in [2.24, 2.45) is 34.3 Å². The number of hydrogen-bond acceptors (Lipinski definition) is 9. The Morgan fingerprint density at radius 1 is 0.867 bits per heavy atom. The van der Waals surface area contributed by atoms with Crippen LogP contribution in [-0.2, 0) is 35.3 Å². The number of unbranched alkanes of at least 4 members (excludes halogenated alkanes) is 2. The molecule has 1 aromatic rings. The Bertz CT molecular complexity index is 1620. The number of alkyl carbamates (subject to hydrolysis) is 1. The Labute approximate surface area is 352 Å². The molecule has 17 heteroatoms. The molecule has 1 aliphatic heterocycles. The molecule has 14 nitrogen and oxygen atoms in total. The number of imide groups is 1. The predicted molar refractivity (Wildman–Crippen MR) is 221 cm³/mol. The minimum Gasteiger partial charge on any atom is -0.445 e. The van der Waals surface area contributed by atoms with Crippen molar-refractivity contribution >= 4 is 47.1 Å². The summed E-state index contributed by atoms with van der Waals surface area (Å²) in [5, 5.41) is 10.3. The number of nitrogens with two attached hydrogens (primary N) is 1. The van der Waals surface area contributed by atoms with Crippen molar-refractivity contribution in [2.75, 3.05) is 25.0 Å². The summed E-state index contributed by atoms with van der Waals surface area (Å²) in [6.45, 7) is 14.9. The molecule has 1 fully saturated rings. The van der Waals surface area contributed by atoms with Crippen LogP contribution in [0.2, 0.25) is 0 Å². The molecule has 0 bridgehead atoms. The molecule has 4 atom stereocenters. The molecule has 60 heavy (non-hydrogen) atoms. The van der Waals surface area contributed by atoms with Crippen LogP contribution in [0, 0.1) is 28.6 Å². The molecule has 0 aliphatic carbocycles. The van der Waals surface area contributed by atoms with Gasteiger partial charge in [0.25, 0.3) is 0 Å². The predicted octanol–water partition coefficient (Wildman–Crippen LogP) is 6.80. The lowest BCUT2D eigenvalue weighted by Crippen LogP contribution is -2.52. The molecule has 0 spiro atoms. The van der Waals surface area contributed by atoms with Gasteiger partial charge in [0.2, 0.25) is 17.7 Å². The second kappa shape index (κ2) is 23.5. The van der Waals surface area contributed by atoms with Crippen LogP contribution >= 0.6 is 0 Å². The maximum absolute atomic E-state index is 14.3. The van der Waals surface area contributed by atoms with Crippen molar-refractivity contribution < 1.29 is 51.5 Å². The number of alkyl halides is 3. The van der Waals surface area contributed by atoms with Gasteiger partial charge in [-0.15, -0.1) is 0 Å². The number of anilines is 1. The second-order valence-corrected chi connectivity index (χ2v) is 18.1. The van der Waals surface area contributed by atoms with Gasteiger partial charge in [-0.05, 0) is 61.1 Å². The van der Waals surface area contributed by atoms with E-state index in [2.05, 4.69) is 21.3 Å². The van der Waals surface area contributed by atoms with Crippen LogP contribution in [0.3, 0.4) is 0 Å². The zero-order valence-corrected chi connectivity index (χ0v) is 36.5. The van der Waals surface area contributed by atoms with Crippen molar-refractivity contribution in [3.8, 4) is 0 Å². The molecular weight excluding hydrogens is 786 g/mol. The summed E-state index contributed by atoms with van der Waals surface area (Å²) < 4.78 is 48.3. The van der Waals surface area contributed by atoms with E-state index in [0.29, 0.717) is 36.9 Å². The highest BCUT2D eigenvalue weighted by Gasteiger charge is 2.45. The zero-order chi connectivity index (χ0) is 45.4. The number of Topliss-reactive ketones (excluding diaryl/α,β-unsaturated/α-hetero) is 2. The number of amides is 6. The molecule has 1 heterocycles. The Kier molecular flexibility index (Phi) is 20.2. The van der Waals surface area contributed by atoms with Crippen molar-refractivity contribution in [3.05, 3.63) is 29.8 Å². The zero-order valence-electron chi connectivity index (χ0n) is 36.5. The molecule has 1 aromatic carbocycles. The smallest absolute Gasteiger partial charge is 0.407 e. The number of ketones is 2. The number of rotatable bonds is 24. The summed E-state index contributed by atoms with van der Waals surface area (Å²) in [4.78, 5) is 89.1. The van der Waals surface area contributed by atoms with Crippen LogP contribution in [0.4, 0.5) is 28.4 Å². The first-order chi connectivity index (χ1) is 27.8. The van der Waals surface area contributed by atoms with Gasteiger partial charge in [-0.3, -0.25) is 34.2 Å². The lowest BCUT2D eigenvalue weighted by atomic mass is 9.80. The molecule has 6 N–H and O–H groups in total. The van der Waals surface area contributed by atoms with Crippen LogP contribution in [0.1, 0.15) is 125 Å². The van der Waals surface area contributed by atoms with Gasteiger partial charge >= 0.3 is 18.3 Å². The first-order valence-corrected chi connectivity index (χ1v) is 20.9. The Morgan fingerprint density at radius 2 is 1.50 bits per heavy atom. The van der Waals surface area contributed by atoms with Gasteiger partial charge in [0.1, 0.15) is 18.4 Å². The van der Waals surface area contributed by atoms with Gasteiger partial charge in [-0.2, -0.15) is 13.2 Å². The van der Waals surface area contributed by atoms with E-state index in [1.165, 1.54) is 4.90 Å². The number of urea groups is 1. The molecule has 1 unspecified atom stereocenters. The number of carbonyl (C=O) groups is 7. The number of hydrogen-bond donors (Lipinski definition) is 5. The van der Waals surface area contributed by atoms with E-state index in [9.17, 15) is 46.7 Å². The minimum absolute atomic E-state index is 0.0633. The molecule has 0 radical (unpaired) electrons. The number of benzene rings is 1. The summed E-state index contributed by atoms with van der Waals surface area (Å²) in [6, 6.07) is 2.41. The largest absolute Gasteiger partial charge is 0.445 e. The van der Waals surface area contributed by atoms with Crippen molar-refractivity contribution in [1.29, 1.82) is 0 Å². The SMILES string of the molecule is CC(C)[C@H](N[C@@H](CCCCCN1C(=O)CC(C(C)(C)C)C1=O)C(F)(F)F)C(=O)C[C@@H](CCCNC(N)=O)C(=O)Nc1ccc(COC(=O)NCCCC(=O)C(C)(C)C)cc1. The summed E-state index contributed by atoms with van der Waals surface area (Å²) >= 11 is 0. The van der Waals surface area contributed by atoms with Gasteiger partial charge in [0.15, 0.2) is 5.78 Å². The normalized spacial score (nSPS) is 16.3. The molecule has 0 saturated carbocycles. The number of ether oxygens (including phenoxy) is 1. The number of primary amides is 1. The van der Waals surface area contributed by atoms with E-state index in [1.54, 1.807) is 38.1 Å². The topological polar surface area (TPSA) is 206 Å². The van der Waals surface area contributed by atoms with Crippen molar-refractivity contribution in [1.82, 2.24) is 20.9 Å². The fourth-order valence-electron chi connectivity index (χ4n) is 6.80. The third kappa shape index (κ3) is 18.0. The first kappa shape index (κ1) is 51.6. The van der Waals surface area contributed by atoms with Crippen LogP contribution < -0.4 is 27.0 Å². The van der Waals surface area contributed by atoms with Crippen LogP contribution in [0.5, 0.6) is 0 Å². The molecule has 338 valence electrons. The number of nitrogens with one attached hydrogen (secondary N) is 4. The molecular formula is C43H67F3N6O8. The van der Waals surface area contributed by atoms with Gasteiger partial charge < -0.3 is 26.4 Å². The summed E-state index contributed by atoms with van der Waals surface area (Å²) in [5.41, 5.74) is 5.32. The number of carbonyl (C=O) groups excluding carboxylic acids is 7. The van der Waals surface area contributed by atoms with Gasteiger partial charge in [-0.25, -0.2) is 9.59 Å². The average molecular weight is 853 g/mol. The summed E-state index contributed by atoms with van der Waals surface area (Å²) in [7, 11) is 0. The number of halogens is 3. The Balaban J connectivity index is 2.01. The van der Waals surface area contributed by atoms with Crippen LogP contribution in [-0.4, -0.2) is 84.2 Å². The number of likely N-dealkylation sites (tertiary alicyclic amines) is 1. The minimum atomic E-state index is -4.68. The standard InChI is InChI=1S/C43H67F3N6O8/c1-27(2)36(51-33(43(44,45)46)15-10-9-11-23-52-35(55)25-31(38(52)57)41(3,4)5)32(53)24-29(14-12-21-48-39(47)58)37(56)50-30-19-17-28(18-20-30)26-60-40(59)49-22-13-16-34(54)42(6,7)8/h17-20,27,29,31,33,36,51H,9-16,21-26H2,1-8H3,(H,49,59)(H,50,56)(H3,47,48,58)/t29-,31?,33+,36+/m1/s1. The number of nitrogens with zero attached hydrogens (tertiary/aromatic N) is 1. The van der Waals surface area contributed by atoms with Crippen LogP contribution in [0.25, 0.3) is 0 Å². The average Bonchev–Trinajstić information content (AvgIpc) is 3.43.